The van der Waals surface area contributed by atoms with Gasteiger partial charge in [-0.1, -0.05) is 31.9 Å². The summed E-state index contributed by atoms with van der Waals surface area (Å²) < 4.78 is 0. The third kappa shape index (κ3) is 5.65. The fourth-order valence-electron chi connectivity index (χ4n) is 2.29. The van der Waals surface area contributed by atoms with Gasteiger partial charge in [-0.2, -0.15) is 0 Å². The molecule has 0 bridgehead atoms. The van der Waals surface area contributed by atoms with Crippen LogP contribution < -0.4 is 5.32 Å². The molecule has 7 heteroatoms. The first-order valence-corrected chi connectivity index (χ1v) is 9.69. The number of nitrogens with one attached hydrogen (secondary N) is 1. The minimum atomic E-state index is -0.982. The standard InChI is InChI=1S/C17H22N2O3S2/c1-2-3-8-15(16(20)21)18-17(22)19(11-13-6-4-9-23-13)12-14-7-5-10-24-14/h4-7,9-10,15H,2-3,8,11-12H2,1H3,(H,18,22)(H,20,21)/t15-/m0/s1. The Balaban J connectivity index is 2.06. The van der Waals surface area contributed by atoms with Crippen LogP contribution in [0.1, 0.15) is 35.9 Å². The molecular weight excluding hydrogens is 344 g/mol. The molecule has 0 aliphatic heterocycles. The van der Waals surface area contributed by atoms with Crippen molar-refractivity contribution in [3.05, 3.63) is 44.8 Å². The average Bonchev–Trinajstić information content (AvgIpc) is 3.24. The van der Waals surface area contributed by atoms with Gasteiger partial charge in [0.15, 0.2) is 0 Å². The zero-order chi connectivity index (χ0) is 17.4. The molecule has 1 atom stereocenters. The molecule has 2 N–H and O–H groups in total. The molecule has 0 unspecified atom stereocenters. The van der Waals surface area contributed by atoms with Gasteiger partial charge in [0, 0.05) is 9.75 Å². The van der Waals surface area contributed by atoms with Crippen molar-refractivity contribution in [1.82, 2.24) is 10.2 Å². The van der Waals surface area contributed by atoms with Crippen LogP contribution in [-0.2, 0) is 17.9 Å². The molecule has 2 aromatic rings. The highest BCUT2D eigenvalue weighted by molar-refractivity contribution is 7.10. The Morgan fingerprint density at radius 3 is 2.17 bits per heavy atom. The summed E-state index contributed by atoms with van der Waals surface area (Å²) in [5.74, 6) is -0.982. The van der Waals surface area contributed by atoms with Crippen LogP contribution in [0.25, 0.3) is 0 Å². The molecule has 2 heterocycles. The molecule has 5 nitrogen and oxygen atoms in total. The Morgan fingerprint density at radius 1 is 1.17 bits per heavy atom. The molecule has 0 aliphatic rings. The molecule has 2 rings (SSSR count). The zero-order valence-corrected chi connectivity index (χ0v) is 15.2. The summed E-state index contributed by atoms with van der Waals surface area (Å²) in [4.78, 5) is 27.8. The van der Waals surface area contributed by atoms with Crippen LogP contribution in [0.5, 0.6) is 0 Å². The van der Waals surface area contributed by atoms with Crippen molar-refractivity contribution in [1.29, 1.82) is 0 Å². The highest BCUT2D eigenvalue weighted by atomic mass is 32.1. The SMILES string of the molecule is CCCC[C@H](NC(=O)N(Cc1cccs1)Cc1cccs1)C(=O)O. The summed E-state index contributed by atoms with van der Waals surface area (Å²) in [7, 11) is 0. The second-order valence-electron chi connectivity index (χ2n) is 5.50. The van der Waals surface area contributed by atoms with E-state index in [1.165, 1.54) is 0 Å². The molecule has 2 amide bonds. The van der Waals surface area contributed by atoms with Crippen LogP contribution in [0, 0.1) is 0 Å². The van der Waals surface area contributed by atoms with E-state index in [1.54, 1.807) is 27.6 Å². The van der Waals surface area contributed by atoms with Gasteiger partial charge in [-0.05, 0) is 29.3 Å². The summed E-state index contributed by atoms with van der Waals surface area (Å²) in [5, 5.41) is 15.9. The monoisotopic (exact) mass is 366 g/mol. The van der Waals surface area contributed by atoms with Crippen molar-refractivity contribution in [3.63, 3.8) is 0 Å². The number of urea groups is 1. The van der Waals surface area contributed by atoms with E-state index in [-0.39, 0.29) is 6.03 Å². The molecule has 0 fully saturated rings. The van der Waals surface area contributed by atoms with E-state index < -0.39 is 12.0 Å². The maximum Gasteiger partial charge on any atom is 0.326 e. The lowest BCUT2D eigenvalue weighted by atomic mass is 10.1. The number of hydrogen-bond donors (Lipinski definition) is 2. The molecular formula is C17H22N2O3S2. The lowest BCUT2D eigenvalue weighted by Crippen LogP contribution is -2.47. The van der Waals surface area contributed by atoms with Gasteiger partial charge in [-0.3, -0.25) is 0 Å². The predicted octanol–water partition coefficient (Wildman–Crippen LogP) is 4.16. The van der Waals surface area contributed by atoms with Crippen molar-refractivity contribution < 1.29 is 14.7 Å². The number of amides is 2. The number of aliphatic carboxylic acids is 1. The summed E-state index contributed by atoms with van der Waals surface area (Å²) in [6.45, 7) is 2.95. The Hall–Kier alpha value is -1.86. The van der Waals surface area contributed by atoms with Crippen molar-refractivity contribution >= 4 is 34.7 Å². The number of hydrogen-bond acceptors (Lipinski definition) is 4. The Bertz CT molecular complexity index is 590. The quantitative estimate of drug-likeness (QED) is 0.700. The van der Waals surface area contributed by atoms with E-state index >= 15 is 0 Å². The van der Waals surface area contributed by atoms with Crippen molar-refractivity contribution in [2.75, 3.05) is 0 Å². The molecule has 0 aliphatic carbocycles. The first-order valence-electron chi connectivity index (χ1n) is 7.93. The molecule has 0 saturated heterocycles. The second-order valence-corrected chi connectivity index (χ2v) is 7.56. The molecule has 2 aromatic heterocycles. The van der Waals surface area contributed by atoms with E-state index in [2.05, 4.69) is 5.32 Å². The number of thiophene rings is 2. The number of carboxylic acids is 1. The molecule has 24 heavy (non-hydrogen) atoms. The van der Waals surface area contributed by atoms with E-state index in [0.29, 0.717) is 19.5 Å². The van der Waals surface area contributed by atoms with Crippen molar-refractivity contribution in [2.24, 2.45) is 0 Å². The Labute approximate surface area is 149 Å². The molecule has 130 valence electrons. The van der Waals surface area contributed by atoms with Gasteiger partial charge in [0.1, 0.15) is 6.04 Å². The van der Waals surface area contributed by atoms with Crippen molar-refractivity contribution in [2.45, 2.75) is 45.3 Å². The van der Waals surface area contributed by atoms with Crippen LogP contribution >= 0.6 is 22.7 Å². The van der Waals surface area contributed by atoms with Crippen LogP contribution in [-0.4, -0.2) is 28.0 Å². The van der Waals surface area contributed by atoms with Crippen LogP contribution in [0.15, 0.2) is 35.0 Å². The lowest BCUT2D eigenvalue weighted by Gasteiger charge is -2.24. The summed E-state index contributed by atoms with van der Waals surface area (Å²) in [6, 6.07) is 6.67. The maximum absolute atomic E-state index is 12.6. The number of nitrogens with zero attached hydrogens (tertiary/aromatic N) is 1. The second kappa shape index (κ2) is 9.44. The first-order chi connectivity index (χ1) is 11.6. The van der Waals surface area contributed by atoms with Crippen molar-refractivity contribution in [3.8, 4) is 0 Å². The van der Waals surface area contributed by atoms with Gasteiger partial charge in [-0.15, -0.1) is 22.7 Å². The normalized spacial score (nSPS) is 11.9. The number of carbonyl (C=O) groups excluding carboxylic acids is 1. The van der Waals surface area contributed by atoms with E-state index in [4.69, 9.17) is 0 Å². The first kappa shape index (κ1) is 18.5. The Morgan fingerprint density at radius 2 is 1.75 bits per heavy atom. The van der Waals surface area contributed by atoms with Gasteiger partial charge in [-0.25, -0.2) is 9.59 Å². The fraction of sp³-hybridized carbons (Fsp3) is 0.412. The highest BCUT2D eigenvalue weighted by Crippen LogP contribution is 2.17. The van der Waals surface area contributed by atoms with Gasteiger partial charge in [0.05, 0.1) is 13.1 Å². The van der Waals surface area contributed by atoms with E-state index in [9.17, 15) is 14.7 Å². The number of rotatable bonds is 9. The topological polar surface area (TPSA) is 69.6 Å². The van der Waals surface area contributed by atoms with E-state index in [1.807, 2.05) is 41.9 Å². The average molecular weight is 367 g/mol. The molecule has 0 spiro atoms. The largest absolute Gasteiger partial charge is 0.480 e. The predicted molar refractivity (Wildman–Crippen MR) is 97.4 cm³/mol. The number of carboxylic acid groups (broad SMARTS) is 1. The highest BCUT2D eigenvalue weighted by Gasteiger charge is 2.23. The summed E-state index contributed by atoms with van der Waals surface area (Å²) in [5.41, 5.74) is 0. The minimum absolute atomic E-state index is 0.333. The third-order valence-corrected chi connectivity index (χ3v) is 5.31. The number of unbranched alkanes of at least 4 members (excludes halogenated alkanes) is 1. The van der Waals surface area contributed by atoms with Gasteiger partial charge in [0.2, 0.25) is 0 Å². The lowest BCUT2D eigenvalue weighted by molar-refractivity contribution is -0.139. The number of carbonyl (C=O) groups is 2. The molecule has 0 aromatic carbocycles. The van der Waals surface area contributed by atoms with Gasteiger partial charge >= 0.3 is 12.0 Å². The molecule has 0 radical (unpaired) electrons. The van der Waals surface area contributed by atoms with Gasteiger partial charge in [0.25, 0.3) is 0 Å². The van der Waals surface area contributed by atoms with Crippen LogP contribution in [0.2, 0.25) is 0 Å². The van der Waals surface area contributed by atoms with E-state index in [0.717, 1.165) is 22.6 Å². The Kier molecular flexibility index (Phi) is 7.27. The fourth-order valence-corrected chi connectivity index (χ4v) is 3.73. The van der Waals surface area contributed by atoms with Crippen LogP contribution in [0.4, 0.5) is 4.79 Å². The summed E-state index contributed by atoms with van der Waals surface area (Å²) in [6.07, 6.45) is 2.12. The minimum Gasteiger partial charge on any atom is -0.480 e. The van der Waals surface area contributed by atoms with Crippen LogP contribution in [0.3, 0.4) is 0 Å². The smallest absolute Gasteiger partial charge is 0.326 e. The summed E-state index contributed by atoms with van der Waals surface area (Å²) >= 11 is 3.17. The maximum atomic E-state index is 12.6. The zero-order valence-electron chi connectivity index (χ0n) is 13.6. The third-order valence-electron chi connectivity index (χ3n) is 3.58. The molecule has 0 saturated carbocycles. The van der Waals surface area contributed by atoms with Gasteiger partial charge < -0.3 is 15.3 Å².